The molecule has 1 aromatic rings. The second-order valence-corrected chi connectivity index (χ2v) is 6.33. The van der Waals surface area contributed by atoms with Gasteiger partial charge in [0.15, 0.2) is 0 Å². The van der Waals surface area contributed by atoms with Crippen molar-refractivity contribution in [3.63, 3.8) is 0 Å². The van der Waals surface area contributed by atoms with E-state index >= 15 is 0 Å². The maximum absolute atomic E-state index is 11.0. The molecule has 29 heavy (non-hydrogen) atoms. The molecule has 1 aliphatic rings. The van der Waals surface area contributed by atoms with Gasteiger partial charge in [0.25, 0.3) is 5.91 Å². The summed E-state index contributed by atoms with van der Waals surface area (Å²) in [6, 6.07) is 7.96. The molecule has 1 aromatic carbocycles. The Hall–Kier alpha value is -2.70. The maximum atomic E-state index is 11.0. The molecule has 0 radical (unpaired) electrons. The van der Waals surface area contributed by atoms with E-state index in [0.717, 1.165) is 43.1 Å². The number of hydrogen-bond acceptors (Lipinski definition) is 5. The molecule has 1 fully saturated rings. The van der Waals surface area contributed by atoms with Crippen LogP contribution >= 0.6 is 0 Å². The number of amides is 1. The lowest BCUT2D eigenvalue weighted by Gasteiger charge is -2.34. The number of hydroxylamine groups is 1. The third-order valence-electron chi connectivity index (χ3n) is 4.39. The van der Waals surface area contributed by atoms with Gasteiger partial charge in [-0.1, -0.05) is 51.6 Å². The SMILES string of the molecule is C=CC(C)C(=C)N=C.CC.CN1CCN(c2ccccc2/C=C/C(=O)NO)CC1. The number of allylic oxidation sites excluding steroid dienone is 1. The lowest BCUT2D eigenvalue weighted by atomic mass is 10.1. The molecule has 2 N–H and O–H groups in total. The van der Waals surface area contributed by atoms with Gasteiger partial charge in [0.05, 0.1) is 0 Å². The number of carbonyl (C=O) groups excluding carboxylic acids is 1. The predicted octanol–water partition coefficient (Wildman–Crippen LogP) is 4.01. The van der Waals surface area contributed by atoms with E-state index in [1.165, 1.54) is 6.08 Å². The zero-order valence-electron chi connectivity index (χ0n) is 18.3. The van der Waals surface area contributed by atoms with E-state index in [0.29, 0.717) is 0 Å². The highest BCUT2D eigenvalue weighted by Crippen LogP contribution is 2.22. The maximum Gasteiger partial charge on any atom is 0.267 e. The van der Waals surface area contributed by atoms with E-state index in [1.807, 2.05) is 39.0 Å². The molecule has 1 aliphatic heterocycles. The van der Waals surface area contributed by atoms with Gasteiger partial charge >= 0.3 is 0 Å². The first-order valence-corrected chi connectivity index (χ1v) is 9.85. The molecule has 1 unspecified atom stereocenters. The predicted molar refractivity (Wildman–Crippen MR) is 125 cm³/mol. The molecule has 0 bridgehead atoms. The number of carbonyl (C=O) groups is 1. The molecule has 0 aromatic heterocycles. The fourth-order valence-electron chi connectivity index (χ4n) is 2.45. The molecule has 1 heterocycles. The molecule has 0 aliphatic carbocycles. The minimum absolute atomic E-state index is 0.257. The number of rotatable bonds is 6. The van der Waals surface area contributed by atoms with Gasteiger partial charge in [0.2, 0.25) is 0 Å². The molecular formula is C23H36N4O2. The molecule has 1 saturated heterocycles. The molecule has 6 nitrogen and oxygen atoms in total. The number of nitrogens with zero attached hydrogens (tertiary/aromatic N) is 3. The first-order valence-electron chi connectivity index (χ1n) is 9.85. The van der Waals surface area contributed by atoms with Crippen LogP contribution in [0, 0.1) is 5.92 Å². The molecule has 2 rings (SSSR count). The van der Waals surface area contributed by atoms with E-state index in [2.05, 4.69) is 47.8 Å². The number of benzene rings is 1. The quantitative estimate of drug-likeness (QED) is 0.249. The van der Waals surface area contributed by atoms with Crippen LogP contribution in [0.25, 0.3) is 6.08 Å². The van der Waals surface area contributed by atoms with Gasteiger partial charge < -0.3 is 9.80 Å². The lowest BCUT2D eigenvalue weighted by Crippen LogP contribution is -2.44. The van der Waals surface area contributed by atoms with Crippen molar-refractivity contribution in [1.82, 2.24) is 10.4 Å². The topological polar surface area (TPSA) is 68.2 Å². The van der Waals surface area contributed by atoms with Crippen LogP contribution in [0.2, 0.25) is 0 Å². The summed E-state index contributed by atoms with van der Waals surface area (Å²) in [5.74, 6) is -0.263. The molecule has 0 spiro atoms. The Morgan fingerprint density at radius 3 is 2.31 bits per heavy atom. The lowest BCUT2D eigenvalue weighted by molar-refractivity contribution is -0.124. The number of anilines is 1. The van der Waals surface area contributed by atoms with Crippen LogP contribution in [-0.2, 0) is 4.79 Å². The zero-order chi connectivity index (χ0) is 22.2. The van der Waals surface area contributed by atoms with E-state index in [-0.39, 0.29) is 5.92 Å². The summed E-state index contributed by atoms with van der Waals surface area (Å²) in [6.45, 7) is 20.6. The fourth-order valence-corrected chi connectivity index (χ4v) is 2.45. The summed E-state index contributed by atoms with van der Waals surface area (Å²) in [5, 5.41) is 8.49. The van der Waals surface area contributed by atoms with Crippen LogP contribution in [-0.4, -0.2) is 56.0 Å². The zero-order valence-corrected chi connectivity index (χ0v) is 18.3. The van der Waals surface area contributed by atoms with Crippen molar-refractivity contribution in [3.8, 4) is 0 Å². The molecule has 6 heteroatoms. The minimum atomic E-state index is -0.520. The van der Waals surface area contributed by atoms with Crippen LogP contribution in [0.4, 0.5) is 5.69 Å². The number of likely N-dealkylation sites (N-methyl/N-ethyl adjacent to an activating group) is 1. The summed E-state index contributed by atoms with van der Waals surface area (Å²) in [4.78, 5) is 19.3. The van der Waals surface area contributed by atoms with Gasteiger partial charge in [-0.3, -0.25) is 15.0 Å². The van der Waals surface area contributed by atoms with Crippen LogP contribution in [0.1, 0.15) is 26.3 Å². The number of para-hydroxylation sites is 1. The van der Waals surface area contributed by atoms with Crippen molar-refractivity contribution in [3.05, 3.63) is 60.8 Å². The Kier molecular flexibility index (Phi) is 13.8. The van der Waals surface area contributed by atoms with Crippen LogP contribution in [0.15, 0.2) is 60.3 Å². The highest BCUT2D eigenvalue weighted by Gasteiger charge is 2.15. The standard InChI is InChI=1S/C14H19N3O2.C7H11N.C2H6/c1-16-8-10-17(11-9-16)13-5-3-2-4-12(13)6-7-14(18)15-19;1-5-6(2)7(3)8-4;1-2/h2-7,19H,8-11H2,1H3,(H,15,18);5-6H,1,3-4H2,2H3;1-2H3/b7-6+;;. The van der Waals surface area contributed by atoms with Crippen molar-refractivity contribution in [2.75, 3.05) is 38.1 Å². The Morgan fingerprint density at radius 2 is 1.83 bits per heavy atom. The van der Waals surface area contributed by atoms with Gasteiger partial charge in [0, 0.05) is 49.6 Å². The van der Waals surface area contributed by atoms with E-state index in [9.17, 15) is 4.79 Å². The first-order chi connectivity index (χ1) is 13.9. The number of nitrogens with one attached hydrogen (secondary N) is 1. The van der Waals surface area contributed by atoms with Crippen molar-refractivity contribution in [1.29, 1.82) is 0 Å². The molecule has 0 saturated carbocycles. The summed E-state index contributed by atoms with van der Waals surface area (Å²) in [6.07, 6.45) is 4.84. The van der Waals surface area contributed by atoms with E-state index in [4.69, 9.17) is 5.21 Å². The largest absolute Gasteiger partial charge is 0.368 e. The van der Waals surface area contributed by atoms with Gasteiger partial charge in [-0.25, -0.2) is 5.48 Å². The Bertz CT molecular complexity index is 677. The van der Waals surface area contributed by atoms with Crippen molar-refractivity contribution >= 4 is 24.4 Å². The van der Waals surface area contributed by atoms with Gasteiger partial charge in [-0.05, 0) is 31.5 Å². The summed E-state index contributed by atoms with van der Waals surface area (Å²) >= 11 is 0. The Morgan fingerprint density at radius 1 is 1.24 bits per heavy atom. The van der Waals surface area contributed by atoms with Crippen LogP contribution in [0.3, 0.4) is 0 Å². The van der Waals surface area contributed by atoms with Crippen molar-refractivity contribution in [2.24, 2.45) is 10.9 Å². The monoisotopic (exact) mass is 400 g/mol. The number of aliphatic imine (C=N–C) groups is 1. The molecule has 160 valence electrons. The van der Waals surface area contributed by atoms with Gasteiger partial charge in [-0.2, -0.15) is 0 Å². The minimum Gasteiger partial charge on any atom is -0.368 e. The Labute approximate surface area is 175 Å². The van der Waals surface area contributed by atoms with Crippen molar-refractivity contribution in [2.45, 2.75) is 20.8 Å². The second kappa shape index (κ2) is 15.2. The first kappa shape index (κ1) is 26.3. The average molecular weight is 401 g/mol. The smallest absolute Gasteiger partial charge is 0.267 e. The molecular weight excluding hydrogens is 364 g/mol. The molecule has 1 amide bonds. The average Bonchev–Trinajstić information content (AvgIpc) is 2.78. The van der Waals surface area contributed by atoms with E-state index in [1.54, 1.807) is 17.6 Å². The summed E-state index contributed by atoms with van der Waals surface area (Å²) < 4.78 is 0. The third kappa shape index (κ3) is 9.87. The van der Waals surface area contributed by atoms with Crippen molar-refractivity contribution < 1.29 is 10.0 Å². The highest BCUT2D eigenvalue weighted by atomic mass is 16.5. The summed E-state index contributed by atoms with van der Waals surface area (Å²) in [5.41, 5.74) is 4.48. The third-order valence-corrected chi connectivity index (χ3v) is 4.39. The normalized spacial score (nSPS) is 14.6. The highest BCUT2D eigenvalue weighted by molar-refractivity contribution is 5.91. The van der Waals surface area contributed by atoms with Crippen LogP contribution in [0.5, 0.6) is 0 Å². The fraction of sp³-hybridized carbons (Fsp3) is 0.391. The van der Waals surface area contributed by atoms with Crippen LogP contribution < -0.4 is 10.4 Å². The van der Waals surface area contributed by atoms with Gasteiger partial charge in [0.1, 0.15) is 0 Å². The number of hydrogen-bond donors (Lipinski definition) is 2. The number of piperazine rings is 1. The summed E-state index contributed by atoms with van der Waals surface area (Å²) in [7, 11) is 2.12. The second-order valence-electron chi connectivity index (χ2n) is 6.33. The Balaban J connectivity index is 0.000000664. The van der Waals surface area contributed by atoms with Gasteiger partial charge in [-0.15, -0.1) is 6.58 Å². The molecule has 1 atom stereocenters. The van der Waals surface area contributed by atoms with E-state index < -0.39 is 5.91 Å².